The summed E-state index contributed by atoms with van der Waals surface area (Å²) in [6, 6.07) is 14.1. The van der Waals surface area contributed by atoms with Gasteiger partial charge >= 0.3 is 6.03 Å². The number of amides is 2. The first-order chi connectivity index (χ1) is 9.76. The van der Waals surface area contributed by atoms with Gasteiger partial charge in [-0.25, -0.2) is 4.79 Å². The molecule has 2 aromatic carbocycles. The molecule has 2 amide bonds. The van der Waals surface area contributed by atoms with Crippen LogP contribution in [0.2, 0.25) is 0 Å². The Balaban J connectivity index is 2.07. The summed E-state index contributed by atoms with van der Waals surface area (Å²) in [5, 5.41) is 14.1. The molecule has 0 radical (unpaired) electrons. The van der Waals surface area contributed by atoms with Crippen LogP contribution in [0.5, 0.6) is 0 Å². The molecule has 106 valence electrons. The number of benzene rings is 2. The van der Waals surface area contributed by atoms with Gasteiger partial charge < -0.3 is 15.3 Å². The molecule has 4 heteroatoms. The fraction of sp³-hybridized carbons (Fsp3) is 0.312. The van der Waals surface area contributed by atoms with E-state index in [0.717, 1.165) is 10.9 Å². The highest BCUT2D eigenvalue weighted by Gasteiger charge is 2.10. The van der Waals surface area contributed by atoms with Crippen LogP contribution in [0.3, 0.4) is 0 Å². The van der Waals surface area contributed by atoms with E-state index in [1.807, 2.05) is 31.2 Å². The van der Waals surface area contributed by atoms with Crippen molar-refractivity contribution in [2.45, 2.75) is 13.5 Å². The number of urea groups is 1. The smallest absolute Gasteiger partial charge is 0.317 e. The van der Waals surface area contributed by atoms with E-state index in [9.17, 15) is 4.79 Å². The van der Waals surface area contributed by atoms with E-state index in [2.05, 4.69) is 23.5 Å². The average molecular weight is 272 g/mol. The molecule has 2 aromatic rings. The van der Waals surface area contributed by atoms with Crippen LogP contribution >= 0.6 is 0 Å². The highest BCUT2D eigenvalue weighted by molar-refractivity contribution is 5.86. The van der Waals surface area contributed by atoms with Gasteiger partial charge in [-0.05, 0) is 23.3 Å². The number of hydrogen-bond donors (Lipinski definition) is 2. The predicted molar refractivity (Wildman–Crippen MR) is 80.5 cm³/mol. The van der Waals surface area contributed by atoms with Gasteiger partial charge in [0.15, 0.2) is 0 Å². The van der Waals surface area contributed by atoms with Crippen molar-refractivity contribution < 1.29 is 9.90 Å². The Bertz CT molecular complexity index is 578. The van der Waals surface area contributed by atoms with E-state index in [-0.39, 0.29) is 12.6 Å². The molecule has 4 nitrogen and oxygen atoms in total. The number of aliphatic hydroxyl groups is 1. The molecule has 0 atom stereocenters. The number of hydrogen-bond acceptors (Lipinski definition) is 2. The lowest BCUT2D eigenvalue weighted by atomic mass is 10.0. The van der Waals surface area contributed by atoms with Gasteiger partial charge in [-0.15, -0.1) is 0 Å². The number of carbonyl (C=O) groups excluding carboxylic acids is 1. The van der Waals surface area contributed by atoms with E-state index in [0.29, 0.717) is 19.6 Å². The van der Waals surface area contributed by atoms with Crippen molar-refractivity contribution in [2.24, 2.45) is 0 Å². The van der Waals surface area contributed by atoms with Gasteiger partial charge in [0.1, 0.15) is 0 Å². The standard InChI is InChI=1S/C16H20N2O2/c1-2-18(10-11-19)16(20)17-12-14-8-5-7-13-6-3-4-9-15(13)14/h3-9,19H,2,10-12H2,1H3,(H,17,20). The fourth-order valence-corrected chi connectivity index (χ4v) is 2.25. The summed E-state index contributed by atoms with van der Waals surface area (Å²) in [5.74, 6) is 0. The third kappa shape index (κ3) is 3.27. The zero-order valence-electron chi connectivity index (χ0n) is 11.7. The van der Waals surface area contributed by atoms with Crippen LogP contribution in [0.15, 0.2) is 42.5 Å². The van der Waals surface area contributed by atoms with E-state index in [1.165, 1.54) is 5.39 Å². The SMILES string of the molecule is CCN(CCO)C(=O)NCc1cccc2ccccc12. The second-order valence-corrected chi connectivity index (χ2v) is 4.60. The van der Waals surface area contributed by atoms with E-state index >= 15 is 0 Å². The number of nitrogens with one attached hydrogen (secondary N) is 1. The fourth-order valence-electron chi connectivity index (χ4n) is 2.25. The molecule has 0 aliphatic rings. The molecule has 0 heterocycles. The average Bonchev–Trinajstić information content (AvgIpc) is 2.50. The van der Waals surface area contributed by atoms with Gasteiger partial charge in [-0.2, -0.15) is 0 Å². The van der Waals surface area contributed by atoms with Crippen molar-refractivity contribution in [2.75, 3.05) is 19.7 Å². The third-order valence-corrected chi connectivity index (χ3v) is 3.35. The zero-order chi connectivity index (χ0) is 14.4. The topological polar surface area (TPSA) is 52.6 Å². The molecule has 0 saturated heterocycles. The monoisotopic (exact) mass is 272 g/mol. The van der Waals surface area contributed by atoms with Crippen LogP contribution in [0, 0.1) is 0 Å². The number of rotatable bonds is 5. The van der Waals surface area contributed by atoms with Crippen LogP contribution < -0.4 is 5.32 Å². The van der Waals surface area contributed by atoms with E-state index in [1.54, 1.807) is 4.90 Å². The summed E-state index contributed by atoms with van der Waals surface area (Å²) < 4.78 is 0. The molecule has 0 aromatic heterocycles. The summed E-state index contributed by atoms with van der Waals surface area (Å²) in [5.41, 5.74) is 1.09. The lowest BCUT2D eigenvalue weighted by Crippen LogP contribution is -2.41. The van der Waals surface area contributed by atoms with Gasteiger partial charge in [-0.1, -0.05) is 42.5 Å². The number of aliphatic hydroxyl groups excluding tert-OH is 1. The Morgan fingerprint density at radius 1 is 1.20 bits per heavy atom. The molecule has 2 rings (SSSR count). The first-order valence-electron chi connectivity index (χ1n) is 6.86. The largest absolute Gasteiger partial charge is 0.395 e. The van der Waals surface area contributed by atoms with Gasteiger partial charge in [0, 0.05) is 19.6 Å². The highest BCUT2D eigenvalue weighted by Crippen LogP contribution is 2.18. The van der Waals surface area contributed by atoms with E-state index in [4.69, 9.17) is 5.11 Å². The van der Waals surface area contributed by atoms with Crippen molar-refractivity contribution in [3.8, 4) is 0 Å². The zero-order valence-corrected chi connectivity index (χ0v) is 11.7. The Morgan fingerprint density at radius 3 is 2.70 bits per heavy atom. The lowest BCUT2D eigenvalue weighted by molar-refractivity contribution is 0.180. The van der Waals surface area contributed by atoms with Gasteiger partial charge in [0.25, 0.3) is 0 Å². The minimum Gasteiger partial charge on any atom is -0.395 e. The Hall–Kier alpha value is -2.07. The molecular weight excluding hydrogens is 252 g/mol. The molecular formula is C16H20N2O2. The maximum atomic E-state index is 12.0. The van der Waals surface area contributed by atoms with Gasteiger partial charge in [-0.3, -0.25) is 0 Å². The van der Waals surface area contributed by atoms with Crippen molar-refractivity contribution in [3.05, 3.63) is 48.0 Å². The number of nitrogens with zero attached hydrogens (tertiary/aromatic N) is 1. The van der Waals surface area contributed by atoms with Crippen LogP contribution in [0.4, 0.5) is 4.79 Å². The molecule has 0 spiro atoms. The Kier molecular flexibility index (Phi) is 4.96. The second kappa shape index (κ2) is 6.91. The molecule has 0 fully saturated rings. The summed E-state index contributed by atoms with van der Waals surface area (Å²) >= 11 is 0. The first-order valence-corrected chi connectivity index (χ1v) is 6.86. The van der Waals surface area contributed by atoms with Gasteiger partial charge in [0.05, 0.1) is 6.61 Å². The summed E-state index contributed by atoms with van der Waals surface area (Å²) in [6.07, 6.45) is 0. The molecule has 0 aliphatic heterocycles. The van der Waals surface area contributed by atoms with Crippen molar-refractivity contribution in [1.29, 1.82) is 0 Å². The summed E-state index contributed by atoms with van der Waals surface area (Å²) in [6.45, 7) is 3.31. The number of carbonyl (C=O) groups is 1. The van der Waals surface area contributed by atoms with E-state index < -0.39 is 0 Å². The number of likely N-dealkylation sites (N-methyl/N-ethyl adjacent to an activating group) is 1. The third-order valence-electron chi connectivity index (χ3n) is 3.35. The highest BCUT2D eigenvalue weighted by atomic mass is 16.3. The minimum atomic E-state index is -0.144. The number of fused-ring (bicyclic) bond motifs is 1. The minimum absolute atomic E-state index is 0.0183. The lowest BCUT2D eigenvalue weighted by Gasteiger charge is -2.20. The normalized spacial score (nSPS) is 10.5. The van der Waals surface area contributed by atoms with Crippen molar-refractivity contribution >= 4 is 16.8 Å². The van der Waals surface area contributed by atoms with Crippen molar-refractivity contribution in [3.63, 3.8) is 0 Å². The summed E-state index contributed by atoms with van der Waals surface area (Å²) in [7, 11) is 0. The van der Waals surface area contributed by atoms with Crippen LogP contribution in [0.25, 0.3) is 10.8 Å². The quantitative estimate of drug-likeness (QED) is 0.878. The molecule has 0 saturated carbocycles. The Labute approximate surface area is 119 Å². The molecule has 2 N–H and O–H groups in total. The van der Waals surface area contributed by atoms with Crippen LogP contribution in [0.1, 0.15) is 12.5 Å². The Morgan fingerprint density at radius 2 is 1.95 bits per heavy atom. The predicted octanol–water partition coefficient (Wildman–Crippen LogP) is 2.36. The molecule has 0 aliphatic carbocycles. The first kappa shape index (κ1) is 14.3. The molecule has 0 unspecified atom stereocenters. The van der Waals surface area contributed by atoms with Crippen LogP contribution in [-0.4, -0.2) is 35.7 Å². The van der Waals surface area contributed by atoms with Crippen molar-refractivity contribution in [1.82, 2.24) is 10.2 Å². The van der Waals surface area contributed by atoms with Gasteiger partial charge in [0.2, 0.25) is 0 Å². The maximum Gasteiger partial charge on any atom is 0.317 e. The molecule has 20 heavy (non-hydrogen) atoms. The summed E-state index contributed by atoms with van der Waals surface area (Å²) in [4.78, 5) is 13.6. The maximum absolute atomic E-state index is 12.0. The molecule has 0 bridgehead atoms. The van der Waals surface area contributed by atoms with Crippen LogP contribution in [-0.2, 0) is 6.54 Å². The second-order valence-electron chi connectivity index (χ2n) is 4.60.